The molecule has 0 spiro atoms. The lowest BCUT2D eigenvalue weighted by atomic mass is 9.91. The number of aliphatic hydroxyl groups is 1. The van der Waals surface area contributed by atoms with E-state index in [0.717, 1.165) is 12.0 Å². The van der Waals surface area contributed by atoms with Crippen molar-refractivity contribution in [1.82, 2.24) is 9.55 Å². The molecule has 5 heteroatoms. The van der Waals surface area contributed by atoms with Gasteiger partial charge in [-0.1, -0.05) is 20.4 Å². The lowest BCUT2D eigenvalue weighted by Gasteiger charge is -2.22. The van der Waals surface area contributed by atoms with Gasteiger partial charge < -0.3 is 9.67 Å². The van der Waals surface area contributed by atoms with Gasteiger partial charge in [0.25, 0.3) is 5.56 Å². The molecule has 1 N–H and O–H groups in total. The van der Waals surface area contributed by atoms with Crippen LogP contribution >= 0.6 is 0 Å². The van der Waals surface area contributed by atoms with Gasteiger partial charge >= 0.3 is 0 Å². The lowest BCUT2D eigenvalue weighted by Crippen LogP contribution is -2.38. The number of aryl methyl sites for hydroxylation is 2. The summed E-state index contributed by atoms with van der Waals surface area (Å²) in [5, 5.41) is 11.8. The molecule has 0 amide bonds. The van der Waals surface area contributed by atoms with Crippen molar-refractivity contribution in [1.29, 1.82) is 0 Å². The monoisotopic (exact) mass is 338 g/mol. The highest BCUT2D eigenvalue weighted by Crippen LogP contribution is 2.24. The van der Waals surface area contributed by atoms with E-state index in [1.807, 2.05) is 6.92 Å². The summed E-state index contributed by atoms with van der Waals surface area (Å²) in [7, 11) is 0. The maximum atomic E-state index is 13.2. The van der Waals surface area contributed by atoms with Gasteiger partial charge in [0.1, 0.15) is 17.1 Å². The highest BCUT2D eigenvalue weighted by atomic mass is 16.3. The second kappa shape index (κ2) is 5.99. The third-order valence-electron chi connectivity index (χ3n) is 4.61. The molecule has 0 bridgehead atoms. The van der Waals surface area contributed by atoms with Crippen molar-refractivity contribution in [3.8, 4) is 0 Å². The van der Waals surface area contributed by atoms with Crippen LogP contribution in [0.25, 0.3) is 12.3 Å². The van der Waals surface area contributed by atoms with Crippen LogP contribution in [0, 0.1) is 19.8 Å². The standard InChI is InChI=1S/C20H22N2O3/c1-10(2)6-7-22-14(23)9-12(4)16-18(22)20(25)17-15(19(16)24)11(3)8-13(5)21-17/h8-10,24H,5-7H2,1-4H3. The molecule has 25 heavy (non-hydrogen) atoms. The van der Waals surface area contributed by atoms with Crippen LogP contribution in [0.3, 0.4) is 0 Å². The summed E-state index contributed by atoms with van der Waals surface area (Å²) in [5.74, 6) is 0.0607. The Kier molecular flexibility index (Phi) is 4.11. The van der Waals surface area contributed by atoms with E-state index in [-0.39, 0.29) is 28.5 Å². The predicted molar refractivity (Wildman–Crippen MR) is 97.2 cm³/mol. The molecule has 3 rings (SSSR count). The van der Waals surface area contributed by atoms with Crippen LogP contribution in [0.5, 0.6) is 0 Å². The van der Waals surface area contributed by atoms with Gasteiger partial charge in [-0.25, -0.2) is 4.98 Å². The predicted octanol–water partition coefficient (Wildman–Crippen LogP) is 1.58. The van der Waals surface area contributed by atoms with E-state index < -0.39 is 0 Å². The van der Waals surface area contributed by atoms with E-state index in [9.17, 15) is 14.7 Å². The van der Waals surface area contributed by atoms with Crippen molar-refractivity contribution in [3.63, 3.8) is 0 Å². The Morgan fingerprint density at radius 1 is 1.20 bits per heavy atom. The molecule has 0 fully saturated rings. The van der Waals surface area contributed by atoms with Crippen LogP contribution in [0.15, 0.2) is 16.9 Å². The number of carbonyl (C=O) groups excluding carboxylic acids is 1. The Labute approximate surface area is 146 Å². The molecule has 0 atom stereocenters. The molecular weight excluding hydrogens is 316 g/mol. The van der Waals surface area contributed by atoms with Crippen LogP contribution in [0.4, 0.5) is 0 Å². The van der Waals surface area contributed by atoms with Crippen molar-refractivity contribution in [2.24, 2.45) is 5.92 Å². The Balaban J connectivity index is 2.42. The summed E-state index contributed by atoms with van der Waals surface area (Å²) < 4.78 is 1.47. The molecule has 1 aliphatic rings. The van der Waals surface area contributed by atoms with Crippen LogP contribution in [-0.4, -0.2) is 20.4 Å². The summed E-state index contributed by atoms with van der Waals surface area (Å²) in [6, 6.07) is 3.21. The fourth-order valence-electron chi connectivity index (χ4n) is 3.35. The molecule has 0 aromatic carbocycles. The summed E-state index contributed by atoms with van der Waals surface area (Å²) in [6.45, 7) is 11.9. The van der Waals surface area contributed by atoms with Crippen molar-refractivity contribution in [2.75, 3.05) is 0 Å². The highest BCUT2D eigenvalue weighted by molar-refractivity contribution is 6.12. The minimum atomic E-state index is -0.332. The van der Waals surface area contributed by atoms with E-state index in [4.69, 9.17) is 0 Å². The maximum Gasteiger partial charge on any atom is 0.251 e. The number of pyridine rings is 2. The molecule has 130 valence electrons. The van der Waals surface area contributed by atoms with Gasteiger partial charge in [0.2, 0.25) is 5.78 Å². The Morgan fingerprint density at radius 3 is 2.52 bits per heavy atom. The number of nitrogens with zero attached hydrogens (tertiary/aromatic N) is 2. The number of aromatic nitrogens is 2. The average Bonchev–Trinajstić information content (AvgIpc) is 2.50. The van der Waals surface area contributed by atoms with E-state index in [2.05, 4.69) is 25.4 Å². The fraction of sp³-hybridized carbons (Fsp3) is 0.350. The van der Waals surface area contributed by atoms with Crippen molar-refractivity contribution in [2.45, 2.75) is 40.7 Å². The molecule has 0 aliphatic heterocycles. The number of ketones is 1. The topological polar surface area (TPSA) is 72.2 Å². The Hall–Kier alpha value is -2.69. The van der Waals surface area contributed by atoms with Gasteiger partial charge in [-0.2, -0.15) is 0 Å². The van der Waals surface area contributed by atoms with Gasteiger partial charge in [0.15, 0.2) is 0 Å². The number of carbonyl (C=O) groups is 1. The quantitative estimate of drug-likeness (QED) is 0.922. The summed E-state index contributed by atoms with van der Waals surface area (Å²) in [6.07, 6.45) is 0.762. The molecule has 2 aromatic heterocycles. The first-order chi connectivity index (χ1) is 11.7. The van der Waals surface area contributed by atoms with Crippen molar-refractivity contribution >= 4 is 18.1 Å². The van der Waals surface area contributed by atoms with Gasteiger partial charge in [0.05, 0.1) is 5.35 Å². The van der Waals surface area contributed by atoms with E-state index in [0.29, 0.717) is 34.2 Å². The first-order valence-electron chi connectivity index (χ1n) is 8.41. The molecule has 1 aliphatic carbocycles. The second-order valence-electron chi connectivity index (χ2n) is 7.06. The molecule has 0 radical (unpaired) electrons. The van der Waals surface area contributed by atoms with Crippen LogP contribution < -0.4 is 16.1 Å². The SMILES string of the molecule is C=c1cc(C)c2c(n1)C(=O)c1c(c(C)cc(=O)n1CCC(C)C)C=2O. The molecule has 2 heterocycles. The second-order valence-corrected chi connectivity index (χ2v) is 7.06. The number of rotatable bonds is 3. The molecule has 2 aromatic rings. The molecule has 0 saturated heterocycles. The number of fused-ring (bicyclic) bond motifs is 2. The first kappa shape index (κ1) is 17.1. The average molecular weight is 338 g/mol. The van der Waals surface area contributed by atoms with E-state index in [1.54, 1.807) is 13.0 Å². The third kappa shape index (κ3) is 2.69. The normalized spacial score (nSPS) is 13.2. The zero-order chi connectivity index (χ0) is 18.5. The summed E-state index contributed by atoms with van der Waals surface area (Å²) in [5.41, 5.74) is 1.93. The first-order valence-corrected chi connectivity index (χ1v) is 8.41. The van der Waals surface area contributed by atoms with Gasteiger partial charge in [-0.15, -0.1) is 0 Å². The molecular formula is C20H22N2O3. The molecule has 5 nitrogen and oxygen atoms in total. The largest absolute Gasteiger partial charge is 0.507 e. The number of hydrogen-bond donors (Lipinski definition) is 1. The fourth-order valence-corrected chi connectivity index (χ4v) is 3.35. The van der Waals surface area contributed by atoms with Crippen LogP contribution in [0.1, 0.15) is 53.1 Å². The van der Waals surface area contributed by atoms with Gasteiger partial charge in [-0.3, -0.25) is 9.59 Å². The van der Waals surface area contributed by atoms with Crippen LogP contribution in [-0.2, 0) is 6.54 Å². The third-order valence-corrected chi connectivity index (χ3v) is 4.61. The van der Waals surface area contributed by atoms with Crippen molar-refractivity contribution < 1.29 is 9.90 Å². The number of hydrogen-bond acceptors (Lipinski definition) is 4. The van der Waals surface area contributed by atoms with Crippen molar-refractivity contribution in [3.05, 3.63) is 61.1 Å². The zero-order valence-corrected chi connectivity index (χ0v) is 15.0. The summed E-state index contributed by atoms with van der Waals surface area (Å²) in [4.78, 5) is 29.9. The highest BCUT2D eigenvalue weighted by Gasteiger charge is 2.31. The number of aliphatic hydroxyl groups excluding tert-OH is 1. The minimum absolute atomic E-state index is 0.00500. The lowest BCUT2D eigenvalue weighted by molar-refractivity contribution is 0.101. The van der Waals surface area contributed by atoms with Crippen LogP contribution in [0.2, 0.25) is 0 Å². The maximum absolute atomic E-state index is 13.2. The Bertz CT molecular complexity index is 1060. The van der Waals surface area contributed by atoms with Gasteiger partial charge in [0, 0.05) is 23.4 Å². The smallest absolute Gasteiger partial charge is 0.251 e. The van der Waals surface area contributed by atoms with E-state index >= 15 is 0 Å². The van der Waals surface area contributed by atoms with E-state index in [1.165, 1.54) is 10.6 Å². The van der Waals surface area contributed by atoms with Gasteiger partial charge in [-0.05, 0) is 43.4 Å². The minimum Gasteiger partial charge on any atom is -0.507 e. The molecule has 0 saturated carbocycles. The summed E-state index contributed by atoms with van der Waals surface area (Å²) >= 11 is 0. The Morgan fingerprint density at radius 2 is 1.88 bits per heavy atom. The molecule has 0 unspecified atom stereocenters. The zero-order valence-electron chi connectivity index (χ0n) is 15.0.